The first-order chi connectivity index (χ1) is 11.2. The van der Waals surface area contributed by atoms with Crippen molar-refractivity contribution in [3.63, 3.8) is 0 Å². The van der Waals surface area contributed by atoms with Gasteiger partial charge in [0.1, 0.15) is 0 Å². The van der Waals surface area contributed by atoms with Crippen molar-refractivity contribution in [3.8, 4) is 0 Å². The van der Waals surface area contributed by atoms with Gasteiger partial charge in [0.05, 0.1) is 13.6 Å². The first-order valence-electron chi connectivity index (χ1n) is 8.51. The van der Waals surface area contributed by atoms with E-state index in [-0.39, 0.29) is 0 Å². The lowest BCUT2D eigenvalue weighted by molar-refractivity contribution is -0.645. The van der Waals surface area contributed by atoms with Gasteiger partial charge in [0.15, 0.2) is 11.0 Å². The number of nitrogens with zero attached hydrogens (tertiary/aromatic N) is 2. The van der Waals surface area contributed by atoms with E-state index >= 15 is 0 Å². The van der Waals surface area contributed by atoms with Crippen LogP contribution in [0.3, 0.4) is 0 Å². The number of aryl methyl sites for hydroxylation is 2. The molecule has 0 atom stereocenters. The third kappa shape index (κ3) is 4.41. The van der Waals surface area contributed by atoms with Crippen LogP contribution in [-0.4, -0.2) is 33.2 Å². The summed E-state index contributed by atoms with van der Waals surface area (Å²) < 4.78 is 22.2. The van der Waals surface area contributed by atoms with Gasteiger partial charge in [0.25, 0.3) is 0 Å². The van der Waals surface area contributed by atoms with E-state index in [1.54, 1.807) is 0 Å². The van der Waals surface area contributed by atoms with Crippen LogP contribution < -0.4 is 4.57 Å². The standard InChI is InChI=1S/C17H29N2O3Si/c1-5-20-23(21-6-2,22-7-3)14-10-13-19-15-18(4)16-11-8-9-12-17(16)19/h8-9,11-12,15H,5-7,10,13-14H2,1-4H3/q+1. The van der Waals surface area contributed by atoms with Crippen LogP contribution in [0.2, 0.25) is 6.04 Å². The van der Waals surface area contributed by atoms with E-state index in [9.17, 15) is 0 Å². The molecule has 5 nitrogen and oxygen atoms in total. The molecular formula is C17H29N2O3Si+. The minimum absolute atomic E-state index is 0.633. The predicted octanol–water partition coefficient (Wildman–Crippen LogP) is 2.90. The fourth-order valence-electron chi connectivity index (χ4n) is 2.98. The highest BCUT2D eigenvalue weighted by Gasteiger charge is 2.39. The molecule has 0 aliphatic carbocycles. The van der Waals surface area contributed by atoms with Crippen molar-refractivity contribution in [1.29, 1.82) is 0 Å². The Kier molecular flexibility index (Phi) is 6.77. The Morgan fingerprint density at radius 3 is 2.22 bits per heavy atom. The molecule has 6 heteroatoms. The maximum absolute atomic E-state index is 5.92. The molecule has 0 aliphatic heterocycles. The van der Waals surface area contributed by atoms with Gasteiger partial charge in [-0.1, -0.05) is 12.1 Å². The molecular weight excluding hydrogens is 308 g/mol. The van der Waals surface area contributed by atoms with Gasteiger partial charge in [-0.15, -0.1) is 0 Å². The van der Waals surface area contributed by atoms with Crippen LogP contribution in [0.1, 0.15) is 27.2 Å². The summed E-state index contributed by atoms with van der Waals surface area (Å²) in [7, 11) is -0.448. The van der Waals surface area contributed by atoms with E-state index in [0.717, 1.165) is 19.0 Å². The second-order valence-electron chi connectivity index (χ2n) is 5.49. The molecule has 0 spiro atoms. The average Bonchev–Trinajstić information content (AvgIpc) is 2.85. The van der Waals surface area contributed by atoms with Gasteiger partial charge in [-0.05, 0) is 39.3 Å². The lowest BCUT2D eigenvalue weighted by Crippen LogP contribution is -2.46. The molecule has 0 fully saturated rings. The second kappa shape index (κ2) is 8.59. The molecule has 128 valence electrons. The van der Waals surface area contributed by atoms with Crippen LogP contribution in [-0.2, 0) is 26.9 Å². The van der Waals surface area contributed by atoms with Gasteiger partial charge < -0.3 is 13.3 Å². The van der Waals surface area contributed by atoms with Crippen molar-refractivity contribution in [1.82, 2.24) is 4.57 Å². The van der Waals surface area contributed by atoms with Gasteiger partial charge >= 0.3 is 8.80 Å². The molecule has 0 aliphatic rings. The summed E-state index contributed by atoms with van der Waals surface area (Å²) in [6, 6.07) is 9.31. The first-order valence-corrected chi connectivity index (χ1v) is 10.4. The summed E-state index contributed by atoms with van der Waals surface area (Å²) in [5.74, 6) is 0. The van der Waals surface area contributed by atoms with E-state index in [2.05, 4.69) is 46.8 Å². The zero-order chi connectivity index (χ0) is 16.7. The zero-order valence-electron chi connectivity index (χ0n) is 14.7. The smallest absolute Gasteiger partial charge is 0.374 e. The molecule has 23 heavy (non-hydrogen) atoms. The fraction of sp³-hybridized carbons (Fsp3) is 0.588. The summed E-state index contributed by atoms with van der Waals surface area (Å²) in [4.78, 5) is 0. The van der Waals surface area contributed by atoms with Crippen molar-refractivity contribution >= 4 is 19.8 Å². The average molecular weight is 338 g/mol. The van der Waals surface area contributed by atoms with E-state index in [4.69, 9.17) is 13.3 Å². The highest BCUT2D eigenvalue weighted by atomic mass is 28.4. The molecule has 0 radical (unpaired) electrons. The molecule has 0 amide bonds. The largest absolute Gasteiger partial charge is 0.501 e. The van der Waals surface area contributed by atoms with Gasteiger partial charge in [-0.2, -0.15) is 0 Å². The first kappa shape index (κ1) is 18.1. The lowest BCUT2D eigenvalue weighted by Gasteiger charge is -2.28. The minimum atomic E-state index is -2.53. The monoisotopic (exact) mass is 337 g/mol. The van der Waals surface area contributed by atoms with Gasteiger partial charge in [-0.25, -0.2) is 9.13 Å². The van der Waals surface area contributed by atoms with Crippen LogP contribution in [0.15, 0.2) is 30.6 Å². The number of aromatic nitrogens is 2. The van der Waals surface area contributed by atoms with E-state index in [1.165, 1.54) is 11.0 Å². The van der Waals surface area contributed by atoms with E-state index in [1.807, 2.05) is 20.8 Å². The Morgan fingerprint density at radius 2 is 1.61 bits per heavy atom. The maximum atomic E-state index is 5.92. The summed E-state index contributed by atoms with van der Waals surface area (Å²) in [6.45, 7) is 8.83. The Hall–Kier alpha value is -1.21. The Morgan fingerprint density at radius 1 is 1.00 bits per heavy atom. The normalized spacial score (nSPS) is 12.2. The Balaban J connectivity index is 2.05. The van der Waals surface area contributed by atoms with Crippen molar-refractivity contribution in [2.75, 3.05) is 19.8 Å². The van der Waals surface area contributed by atoms with Gasteiger partial charge in [0, 0.05) is 25.9 Å². The molecule has 1 aromatic carbocycles. The fourth-order valence-corrected chi connectivity index (χ4v) is 5.58. The number of para-hydroxylation sites is 2. The molecule has 0 N–H and O–H groups in total. The number of hydrogen-bond donors (Lipinski definition) is 0. The quantitative estimate of drug-likeness (QED) is 0.494. The number of imidazole rings is 1. The molecule has 2 aromatic rings. The number of benzene rings is 1. The number of hydrogen-bond acceptors (Lipinski definition) is 3. The van der Waals surface area contributed by atoms with E-state index in [0.29, 0.717) is 19.8 Å². The summed E-state index contributed by atoms with van der Waals surface area (Å²) >= 11 is 0. The third-order valence-electron chi connectivity index (χ3n) is 3.86. The molecule has 0 saturated carbocycles. The number of fused-ring (bicyclic) bond motifs is 1. The topological polar surface area (TPSA) is 36.5 Å². The van der Waals surface area contributed by atoms with Crippen LogP contribution in [0.4, 0.5) is 0 Å². The maximum Gasteiger partial charge on any atom is 0.501 e. The summed E-state index contributed by atoms with van der Waals surface area (Å²) in [5.41, 5.74) is 2.50. The second-order valence-corrected chi connectivity index (χ2v) is 8.23. The van der Waals surface area contributed by atoms with Crippen molar-refractivity contribution in [2.24, 2.45) is 7.05 Å². The van der Waals surface area contributed by atoms with Crippen LogP contribution in [0, 0.1) is 0 Å². The molecule has 1 heterocycles. The zero-order valence-corrected chi connectivity index (χ0v) is 15.7. The van der Waals surface area contributed by atoms with Crippen molar-refractivity contribution < 1.29 is 17.8 Å². The van der Waals surface area contributed by atoms with Gasteiger partial charge in [0.2, 0.25) is 6.33 Å². The Bertz CT molecular complexity index is 598. The molecule has 1 aromatic heterocycles. The SMILES string of the molecule is CCO[Si](CCCn1c[n+](C)c2ccccc21)(OCC)OCC. The van der Waals surface area contributed by atoms with E-state index < -0.39 is 8.80 Å². The summed E-state index contributed by atoms with van der Waals surface area (Å²) in [5, 5.41) is 0. The molecule has 2 rings (SSSR count). The minimum Gasteiger partial charge on any atom is -0.374 e. The Labute approximate surface area is 140 Å². The molecule has 0 saturated heterocycles. The highest BCUT2D eigenvalue weighted by molar-refractivity contribution is 6.60. The van der Waals surface area contributed by atoms with Gasteiger partial charge in [-0.3, -0.25) is 0 Å². The van der Waals surface area contributed by atoms with Crippen molar-refractivity contribution in [3.05, 3.63) is 30.6 Å². The number of rotatable bonds is 10. The van der Waals surface area contributed by atoms with Crippen molar-refractivity contribution in [2.45, 2.75) is 39.8 Å². The third-order valence-corrected chi connectivity index (χ3v) is 7.01. The van der Waals surface area contributed by atoms with Crippen LogP contribution in [0.25, 0.3) is 11.0 Å². The predicted molar refractivity (Wildman–Crippen MR) is 93.2 cm³/mol. The summed E-state index contributed by atoms with van der Waals surface area (Å²) in [6.07, 6.45) is 3.13. The van der Waals surface area contributed by atoms with Crippen LogP contribution >= 0.6 is 0 Å². The molecule has 0 unspecified atom stereocenters. The lowest BCUT2D eigenvalue weighted by atomic mass is 10.3. The highest BCUT2D eigenvalue weighted by Crippen LogP contribution is 2.20. The van der Waals surface area contributed by atoms with Crippen LogP contribution in [0.5, 0.6) is 0 Å². The molecule has 0 bridgehead atoms.